The number of likely N-dealkylation sites (N-methyl/N-ethyl adjacent to an activating group) is 1. The molecule has 1 aliphatic rings. The van der Waals surface area contributed by atoms with Crippen LogP contribution >= 0.6 is 0 Å². The Hall–Kier alpha value is -1.61. The summed E-state index contributed by atoms with van der Waals surface area (Å²) >= 11 is 0. The number of pyridine rings is 1. The molecule has 1 N–H and O–H groups in total. The van der Waals surface area contributed by atoms with Gasteiger partial charge in [-0.25, -0.2) is 0 Å². The minimum Gasteiger partial charge on any atom is -0.383 e. The number of rotatable bonds is 5. The Balaban J connectivity index is 1.59. The summed E-state index contributed by atoms with van der Waals surface area (Å²) in [7, 11) is 2.25. The summed E-state index contributed by atoms with van der Waals surface area (Å²) in [6.45, 7) is 2.09. The van der Waals surface area contributed by atoms with Crippen molar-refractivity contribution < 1.29 is 0 Å². The van der Waals surface area contributed by atoms with Crippen LogP contribution < -0.4 is 5.32 Å². The molecule has 0 saturated heterocycles. The Morgan fingerprint density at radius 1 is 1.20 bits per heavy atom. The lowest BCUT2D eigenvalue weighted by Gasteiger charge is -2.24. The minimum absolute atomic E-state index is 0.797. The predicted molar refractivity (Wildman–Crippen MR) is 85.1 cm³/mol. The van der Waals surface area contributed by atoms with Gasteiger partial charge in [-0.3, -0.25) is 4.98 Å². The van der Waals surface area contributed by atoms with Crippen LogP contribution in [0, 0.1) is 0 Å². The van der Waals surface area contributed by atoms with Gasteiger partial charge in [0.15, 0.2) is 0 Å². The third kappa shape index (κ3) is 2.93. The molecule has 1 aliphatic carbocycles. The minimum atomic E-state index is 0.797. The monoisotopic (exact) mass is 269 g/mol. The van der Waals surface area contributed by atoms with E-state index >= 15 is 0 Å². The van der Waals surface area contributed by atoms with Gasteiger partial charge in [-0.1, -0.05) is 31.0 Å². The van der Waals surface area contributed by atoms with E-state index in [0.717, 1.165) is 24.6 Å². The van der Waals surface area contributed by atoms with Gasteiger partial charge in [-0.15, -0.1) is 0 Å². The van der Waals surface area contributed by atoms with E-state index in [0.29, 0.717) is 0 Å². The molecule has 0 aliphatic heterocycles. The molecule has 0 atom stereocenters. The Labute approximate surface area is 121 Å². The van der Waals surface area contributed by atoms with Gasteiger partial charge in [0.1, 0.15) is 0 Å². The van der Waals surface area contributed by atoms with Crippen LogP contribution in [0.2, 0.25) is 0 Å². The predicted octanol–water partition coefficient (Wildman–Crippen LogP) is 3.52. The van der Waals surface area contributed by atoms with Crippen LogP contribution in [-0.2, 0) is 0 Å². The fourth-order valence-corrected chi connectivity index (χ4v) is 3.14. The molecule has 3 heteroatoms. The van der Waals surface area contributed by atoms with Gasteiger partial charge in [0, 0.05) is 36.4 Å². The quantitative estimate of drug-likeness (QED) is 0.900. The first-order valence-corrected chi connectivity index (χ1v) is 7.62. The summed E-state index contributed by atoms with van der Waals surface area (Å²) in [6, 6.07) is 11.2. The molecule has 1 aromatic heterocycles. The van der Waals surface area contributed by atoms with Crippen molar-refractivity contribution in [3.05, 3.63) is 36.5 Å². The van der Waals surface area contributed by atoms with Crippen molar-refractivity contribution in [2.45, 2.75) is 31.7 Å². The molecule has 3 nitrogen and oxygen atoms in total. The second-order valence-corrected chi connectivity index (χ2v) is 5.72. The number of fused-ring (bicyclic) bond motifs is 1. The first kappa shape index (κ1) is 13.4. The average molecular weight is 269 g/mol. The van der Waals surface area contributed by atoms with E-state index in [1.54, 1.807) is 0 Å². The highest BCUT2D eigenvalue weighted by Crippen LogP contribution is 2.23. The number of hydrogen-bond donors (Lipinski definition) is 1. The molecule has 3 rings (SSSR count). The molecule has 1 aromatic carbocycles. The highest BCUT2D eigenvalue weighted by molar-refractivity contribution is 5.90. The first-order chi connectivity index (χ1) is 9.84. The van der Waals surface area contributed by atoms with Crippen molar-refractivity contribution >= 4 is 16.6 Å². The largest absolute Gasteiger partial charge is 0.383 e. The van der Waals surface area contributed by atoms with Crippen molar-refractivity contribution in [2.75, 3.05) is 25.5 Å². The van der Waals surface area contributed by atoms with E-state index in [9.17, 15) is 0 Å². The van der Waals surface area contributed by atoms with E-state index in [-0.39, 0.29) is 0 Å². The molecular weight excluding hydrogens is 246 g/mol. The molecule has 0 bridgehead atoms. The average Bonchev–Trinajstić information content (AvgIpc) is 3.02. The maximum atomic E-state index is 4.40. The molecule has 106 valence electrons. The van der Waals surface area contributed by atoms with Crippen LogP contribution in [0.25, 0.3) is 10.9 Å². The Morgan fingerprint density at radius 3 is 2.85 bits per heavy atom. The molecule has 0 unspecified atom stereocenters. The van der Waals surface area contributed by atoms with Gasteiger partial charge in [-0.05, 0) is 32.0 Å². The molecule has 1 saturated carbocycles. The zero-order valence-corrected chi connectivity index (χ0v) is 12.2. The number of anilines is 1. The van der Waals surface area contributed by atoms with Gasteiger partial charge in [0.05, 0.1) is 5.52 Å². The SMILES string of the molecule is CN(CCNc1ccnc2ccccc12)C1CCCC1. The second-order valence-electron chi connectivity index (χ2n) is 5.72. The maximum Gasteiger partial charge on any atom is 0.0722 e. The fraction of sp³-hybridized carbons (Fsp3) is 0.471. The number of benzene rings is 1. The van der Waals surface area contributed by atoms with Crippen molar-refractivity contribution in [3.8, 4) is 0 Å². The summed E-state index contributed by atoms with van der Waals surface area (Å²) in [5, 5.41) is 4.77. The van der Waals surface area contributed by atoms with E-state index in [1.165, 1.54) is 36.8 Å². The number of nitrogens with one attached hydrogen (secondary N) is 1. The van der Waals surface area contributed by atoms with Gasteiger partial charge >= 0.3 is 0 Å². The third-order valence-electron chi connectivity index (χ3n) is 4.38. The Kier molecular flexibility index (Phi) is 4.16. The van der Waals surface area contributed by atoms with Gasteiger partial charge in [-0.2, -0.15) is 0 Å². The van der Waals surface area contributed by atoms with Crippen LogP contribution in [0.3, 0.4) is 0 Å². The normalized spacial score (nSPS) is 16.1. The molecule has 1 fully saturated rings. The molecule has 1 heterocycles. The summed E-state index contributed by atoms with van der Waals surface area (Å²) in [4.78, 5) is 6.90. The molecule has 0 spiro atoms. The molecule has 2 aromatic rings. The van der Waals surface area contributed by atoms with Crippen molar-refractivity contribution in [1.29, 1.82) is 0 Å². The van der Waals surface area contributed by atoms with Gasteiger partial charge in [0.25, 0.3) is 0 Å². The third-order valence-corrected chi connectivity index (χ3v) is 4.38. The topological polar surface area (TPSA) is 28.2 Å². The lowest BCUT2D eigenvalue weighted by atomic mass is 10.2. The summed E-state index contributed by atoms with van der Waals surface area (Å²) in [6.07, 6.45) is 7.42. The van der Waals surface area contributed by atoms with Crippen LogP contribution in [-0.4, -0.2) is 36.1 Å². The van der Waals surface area contributed by atoms with Crippen LogP contribution in [0.5, 0.6) is 0 Å². The maximum absolute atomic E-state index is 4.40. The summed E-state index contributed by atoms with van der Waals surface area (Å²) in [5.41, 5.74) is 2.25. The first-order valence-electron chi connectivity index (χ1n) is 7.62. The van der Waals surface area contributed by atoms with Gasteiger partial charge in [0.2, 0.25) is 0 Å². The smallest absolute Gasteiger partial charge is 0.0722 e. The van der Waals surface area contributed by atoms with E-state index in [1.807, 2.05) is 12.3 Å². The van der Waals surface area contributed by atoms with Crippen molar-refractivity contribution in [3.63, 3.8) is 0 Å². The van der Waals surface area contributed by atoms with Crippen LogP contribution in [0.15, 0.2) is 36.5 Å². The molecule has 0 amide bonds. The molecule has 20 heavy (non-hydrogen) atoms. The lowest BCUT2D eigenvalue weighted by molar-refractivity contribution is 0.254. The van der Waals surface area contributed by atoms with E-state index in [2.05, 4.69) is 46.5 Å². The highest BCUT2D eigenvalue weighted by Gasteiger charge is 2.18. The second kappa shape index (κ2) is 6.23. The van der Waals surface area contributed by atoms with E-state index in [4.69, 9.17) is 0 Å². The van der Waals surface area contributed by atoms with Crippen molar-refractivity contribution in [2.24, 2.45) is 0 Å². The Bertz CT molecular complexity index is 556. The van der Waals surface area contributed by atoms with Crippen LogP contribution in [0.4, 0.5) is 5.69 Å². The number of aromatic nitrogens is 1. The van der Waals surface area contributed by atoms with Crippen molar-refractivity contribution in [1.82, 2.24) is 9.88 Å². The Morgan fingerprint density at radius 2 is 2.00 bits per heavy atom. The zero-order chi connectivity index (χ0) is 13.8. The molecular formula is C17H23N3. The number of para-hydroxylation sites is 1. The standard InChI is InChI=1S/C17H23N3/c1-20(14-6-2-3-7-14)13-12-19-17-10-11-18-16-9-5-4-8-15(16)17/h4-5,8-11,14H,2-3,6-7,12-13H2,1H3,(H,18,19). The van der Waals surface area contributed by atoms with Crippen LogP contribution in [0.1, 0.15) is 25.7 Å². The summed E-state index contributed by atoms with van der Waals surface area (Å²) < 4.78 is 0. The lowest BCUT2D eigenvalue weighted by Crippen LogP contribution is -2.33. The highest BCUT2D eigenvalue weighted by atomic mass is 15.1. The zero-order valence-electron chi connectivity index (χ0n) is 12.2. The number of nitrogens with zero attached hydrogens (tertiary/aromatic N) is 2. The molecule has 0 radical (unpaired) electrons. The van der Waals surface area contributed by atoms with E-state index < -0.39 is 0 Å². The fourth-order valence-electron chi connectivity index (χ4n) is 3.14. The summed E-state index contributed by atoms with van der Waals surface area (Å²) in [5.74, 6) is 0. The number of hydrogen-bond acceptors (Lipinski definition) is 3. The van der Waals surface area contributed by atoms with Gasteiger partial charge < -0.3 is 10.2 Å².